The van der Waals surface area contributed by atoms with E-state index < -0.39 is 78.1 Å². The molecular formula is C40H65N3O11. The maximum atomic E-state index is 14.2. The Kier molecular flexibility index (Phi) is 14.8. The third-order valence-corrected chi connectivity index (χ3v) is 11.7. The second-order valence-electron chi connectivity index (χ2n) is 16.6. The number of esters is 1. The van der Waals surface area contributed by atoms with E-state index in [9.17, 15) is 24.6 Å². The van der Waals surface area contributed by atoms with Crippen molar-refractivity contribution in [3.05, 3.63) is 35.9 Å². The lowest BCUT2D eigenvalue weighted by molar-refractivity contribution is -0.299. The van der Waals surface area contributed by atoms with E-state index in [0.29, 0.717) is 25.8 Å². The summed E-state index contributed by atoms with van der Waals surface area (Å²) in [6, 6.07) is 9.04. The Labute approximate surface area is 321 Å². The average Bonchev–Trinajstić information content (AvgIpc) is 3.42. The highest BCUT2D eigenvalue weighted by Gasteiger charge is 2.58. The Morgan fingerprint density at radius 2 is 1.74 bits per heavy atom. The molecule has 1 aromatic carbocycles. The van der Waals surface area contributed by atoms with Gasteiger partial charge in [0.1, 0.15) is 18.3 Å². The number of alkyl carbamates (subject to hydrolysis) is 1. The van der Waals surface area contributed by atoms with Crippen molar-refractivity contribution in [1.82, 2.24) is 15.1 Å². The fourth-order valence-corrected chi connectivity index (χ4v) is 8.66. The molecular weight excluding hydrogens is 698 g/mol. The molecule has 0 unspecified atom stereocenters. The molecule has 0 saturated carbocycles. The standard InChI is InChI=1S/C40H65N3O11/c1-12-30-40(8)34(53-38(47)54-40)27(6)43(11)22-23(2)21-39(7,48)33(52-36-31(44)29(42(9)10)20-24(3)49-36)25(4)32(26(5)35(45)50-30)51-37(46)41-19-18-28-16-14-13-15-17-28/h13-17,23-27,29-34,36,44,48H,12,18-22H2,1-11H3,(H,41,46)/t23-,24-,25+,26-,27-,29+,30-,31-,32+,33-,34-,36+,39-,40-/m1/s1. The molecule has 0 spiro atoms. The molecule has 3 N–H and O–H groups in total. The molecule has 4 rings (SSSR count). The number of benzene rings is 1. The van der Waals surface area contributed by atoms with Crippen LogP contribution >= 0.6 is 0 Å². The van der Waals surface area contributed by atoms with Crippen molar-refractivity contribution in [3.63, 3.8) is 0 Å². The van der Waals surface area contributed by atoms with Crippen molar-refractivity contribution >= 4 is 18.2 Å². The van der Waals surface area contributed by atoms with Crippen LogP contribution in [0.25, 0.3) is 0 Å². The Morgan fingerprint density at radius 3 is 2.37 bits per heavy atom. The van der Waals surface area contributed by atoms with Crippen LogP contribution in [-0.2, 0) is 39.6 Å². The maximum Gasteiger partial charge on any atom is 0.509 e. The first-order valence-corrected chi connectivity index (χ1v) is 19.5. The highest BCUT2D eigenvalue weighted by molar-refractivity contribution is 5.74. The number of carbonyl (C=O) groups is 3. The van der Waals surface area contributed by atoms with Gasteiger partial charge < -0.3 is 48.9 Å². The number of ether oxygens (including phenoxy) is 6. The fraction of sp³-hybridized carbons (Fsp3) is 0.775. The summed E-state index contributed by atoms with van der Waals surface area (Å²) < 4.78 is 36.6. The third kappa shape index (κ3) is 10.2. The lowest BCUT2D eigenvalue weighted by atomic mass is 9.77. The van der Waals surface area contributed by atoms with Gasteiger partial charge in [0, 0.05) is 31.1 Å². The summed E-state index contributed by atoms with van der Waals surface area (Å²) in [6.45, 7) is 15.1. The van der Waals surface area contributed by atoms with Crippen LogP contribution in [0, 0.1) is 17.8 Å². The van der Waals surface area contributed by atoms with Gasteiger partial charge in [-0.3, -0.25) is 9.69 Å². The van der Waals surface area contributed by atoms with Gasteiger partial charge in [-0.1, -0.05) is 51.1 Å². The molecule has 3 saturated heterocycles. The van der Waals surface area contributed by atoms with E-state index in [1.807, 2.05) is 89.0 Å². The molecule has 14 nitrogen and oxygen atoms in total. The van der Waals surface area contributed by atoms with Gasteiger partial charge in [0.15, 0.2) is 18.0 Å². The monoisotopic (exact) mass is 763 g/mol. The number of nitrogens with zero attached hydrogens (tertiary/aromatic N) is 2. The van der Waals surface area contributed by atoms with Crippen LogP contribution in [0.3, 0.4) is 0 Å². The fourth-order valence-electron chi connectivity index (χ4n) is 8.66. The number of likely N-dealkylation sites (N-methyl/N-ethyl adjacent to an activating group) is 2. The Morgan fingerprint density at radius 1 is 1.07 bits per heavy atom. The van der Waals surface area contributed by atoms with Crippen LogP contribution in [0.5, 0.6) is 0 Å². The van der Waals surface area contributed by atoms with Crippen molar-refractivity contribution in [2.24, 2.45) is 17.8 Å². The van der Waals surface area contributed by atoms with E-state index in [2.05, 4.69) is 5.32 Å². The second kappa shape index (κ2) is 18.3. The predicted molar refractivity (Wildman–Crippen MR) is 200 cm³/mol. The minimum absolute atomic E-state index is 0.135. The molecule has 306 valence electrons. The van der Waals surface area contributed by atoms with Crippen LogP contribution in [0.15, 0.2) is 30.3 Å². The molecule has 3 aliphatic rings. The minimum atomic E-state index is -1.58. The van der Waals surface area contributed by atoms with Crippen LogP contribution in [0.2, 0.25) is 0 Å². The van der Waals surface area contributed by atoms with E-state index in [4.69, 9.17) is 28.4 Å². The molecule has 3 heterocycles. The second-order valence-corrected chi connectivity index (χ2v) is 16.6. The van der Waals surface area contributed by atoms with E-state index in [1.54, 1.807) is 27.7 Å². The van der Waals surface area contributed by atoms with Gasteiger partial charge in [0.25, 0.3) is 0 Å². The molecule has 0 aromatic heterocycles. The molecule has 1 aromatic rings. The average molecular weight is 764 g/mol. The lowest BCUT2D eigenvalue weighted by Gasteiger charge is -2.47. The van der Waals surface area contributed by atoms with Crippen LogP contribution in [-0.4, -0.2) is 139 Å². The first kappa shape index (κ1) is 43.7. The van der Waals surface area contributed by atoms with Crippen LogP contribution in [0.4, 0.5) is 9.59 Å². The van der Waals surface area contributed by atoms with Gasteiger partial charge in [-0.15, -0.1) is 0 Å². The number of amides is 1. The van der Waals surface area contributed by atoms with Gasteiger partial charge in [-0.25, -0.2) is 9.59 Å². The summed E-state index contributed by atoms with van der Waals surface area (Å²) in [7, 11) is 5.66. The molecule has 14 atom stereocenters. The number of cyclic esters (lactones) is 1. The molecule has 0 bridgehead atoms. The van der Waals surface area contributed by atoms with E-state index in [-0.39, 0.29) is 37.1 Å². The molecule has 54 heavy (non-hydrogen) atoms. The third-order valence-electron chi connectivity index (χ3n) is 11.7. The van der Waals surface area contributed by atoms with Crippen LogP contribution in [0.1, 0.15) is 80.2 Å². The van der Waals surface area contributed by atoms with Gasteiger partial charge in [-0.05, 0) is 92.9 Å². The van der Waals surface area contributed by atoms with E-state index in [0.717, 1.165) is 5.56 Å². The zero-order valence-electron chi connectivity index (χ0n) is 34.0. The molecule has 14 heteroatoms. The SMILES string of the molecule is CC[C@H]1OC(=O)[C@H](C)[C@@H](OC(=O)NCCc2ccccc2)[C@H](C)[C@@H](O[C@@H]2O[C@H](C)C[C@H](N(C)C)[C@H]2O)[C@](C)(O)C[C@@H](C)CN(C)[C@H](C)[C@H]2OC(=O)O[C@@]21C. The number of aliphatic hydroxyl groups excluding tert-OH is 1. The lowest BCUT2D eigenvalue weighted by Crippen LogP contribution is -2.59. The van der Waals surface area contributed by atoms with Gasteiger partial charge >= 0.3 is 18.2 Å². The van der Waals surface area contributed by atoms with Crippen molar-refractivity contribution in [2.75, 3.05) is 34.2 Å². The zero-order valence-corrected chi connectivity index (χ0v) is 34.0. The van der Waals surface area contributed by atoms with Gasteiger partial charge in [0.05, 0.1) is 23.7 Å². The Hall–Kier alpha value is -3.01. The maximum absolute atomic E-state index is 14.2. The summed E-state index contributed by atoms with van der Waals surface area (Å²) in [5.41, 5.74) is -1.87. The first-order chi connectivity index (χ1) is 25.3. The molecule has 0 aliphatic carbocycles. The van der Waals surface area contributed by atoms with Crippen molar-refractivity contribution in [3.8, 4) is 0 Å². The quantitative estimate of drug-likeness (QED) is 0.256. The van der Waals surface area contributed by atoms with Crippen LogP contribution < -0.4 is 5.32 Å². The normalized spacial score (nSPS) is 40.0. The number of carbonyl (C=O) groups excluding carboxylic acids is 3. The van der Waals surface area contributed by atoms with Gasteiger partial charge in [-0.2, -0.15) is 0 Å². The largest absolute Gasteiger partial charge is 0.509 e. The number of nitrogens with one attached hydrogen (secondary N) is 1. The number of rotatable bonds is 8. The summed E-state index contributed by atoms with van der Waals surface area (Å²) in [5, 5.41) is 26.8. The summed E-state index contributed by atoms with van der Waals surface area (Å²) in [4.78, 5) is 44.4. The number of hydrogen-bond donors (Lipinski definition) is 3. The Balaban J connectivity index is 1.75. The smallest absolute Gasteiger partial charge is 0.458 e. The molecule has 1 amide bonds. The summed E-state index contributed by atoms with van der Waals surface area (Å²) in [6.07, 6.45) is -6.36. The van der Waals surface area contributed by atoms with Crippen molar-refractivity contribution in [2.45, 2.75) is 147 Å². The zero-order chi connectivity index (χ0) is 40.1. The number of fused-ring (bicyclic) bond motifs is 1. The van der Waals surface area contributed by atoms with Crippen molar-refractivity contribution < 1.29 is 53.0 Å². The highest BCUT2D eigenvalue weighted by Crippen LogP contribution is 2.40. The first-order valence-electron chi connectivity index (χ1n) is 19.5. The highest BCUT2D eigenvalue weighted by atomic mass is 16.8. The van der Waals surface area contributed by atoms with E-state index >= 15 is 0 Å². The summed E-state index contributed by atoms with van der Waals surface area (Å²) >= 11 is 0. The Bertz CT molecular complexity index is 1400. The van der Waals surface area contributed by atoms with Crippen molar-refractivity contribution in [1.29, 1.82) is 0 Å². The molecule has 0 radical (unpaired) electrons. The molecule has 3 fully saturated rings. The number of hydrogen-bond acceptors (Lipinski definition) is 13. The predicted octanol–water partition coefficient (Wildman–Crippen LogP) is 4.13. The van der Waals surface area contributed by atoms with Gasteiger partial charge in [0.2, 0.25) is 0 Å². The summed E-state index contributed by atoms with van der Waals surface area (Å²) in [5.74, 6) is -2.75. The topological polar surface area (TPSA) is 166 Å². The van der Waals surface area contributed by atoms with E-state index in [1.165, 1.54) is 0 Å². The molecule has 3 aliphatic heterocycles. The number of aliphatic hydroxyl groups is 2. The minimum Gasteiger partial charge on any atom is -0.458 e.